The Morgan fingerprint density at radius 3 is 2.37 bits per heavy atom. The van der Waals surface area contributed by atoms with Gasteiger partial charge in [0.05, 0.1) is 16.6 Å². The second kappa shape index (κ2) is 10.4. The van der Waals surface area contributed by atoms with E-state index >= 15 is 4.39 Å². The number of benzene rings is 1. The number of fused-ring (bicyclic) bond motifs is 2. The number of nitrogens with one attached hydrogen (secondary N) is 1. The van der Waals surface area contributed by atoms with E-state index in [1.807, 2.05) is 19.3 Å². The number of carbonyl (C=O) groups excluding carboxylic acids is 1. The van der Waals surface area contributed by atoms with Crippen molar-refractivity contribution >= 4 is 28.2 Å². The third-order valence-electron chi connectivity index (χ3n) is 6.31. The molecule has 0 saturated carbocycles. The fourth-order valence-electron chi connectivity index (χ4n) is 4.52. The third kappa shape index (κ3) is 5.44. The van der Waals surface area contributed by atoms with E-state index in [2.05, 4.69) is 10.3 Å². The number of carboxylic acid groups (broad SMARTS) is 1. The number of alkyl halides is 3. The van der Waals surface area contributed by atoms with Gasteiger partial charge in [-0.15, -0.1) is 0 Å². The molecule has 0 unspecified atom stereocenters. The smallest absolute Gasteiger partial charge is 0.475 e. The molecule has 0 bridgehead atoms. The van der Waals surface area contributed by atoms with Crippen LogP contribution in [0.3, 0.4) is 0 Å². The lowest BCUT2D eigenvalue weighted by Gasteiger charge is -2.25. The van der Waals surface area contributed by atoms with Gasteiger partial charge in [0.15, 0.2) is 5.78 Å². The largest absolute Gasteiger partial charge is 0.490 e. The first kappa shape index (κ1) is 27.0. The third-order valence-corrected chi connectivity index (χ3v) is 6.31. The molecule has 5 rings (SSSR count). The highest BCUT2D eigenvalue weighted by atomic mass is 19.4. The molecule has 1 aliphatic heterocycles. The van der Waals surface area contributed by atoms with Gasteiger partial charge >= 0.3 is 12.1 Å². The zero-order valence-electron chi connectivity index (χ0n) is 20.5. The van der Waals surface area contributed by atoms with Crippen molar-refractivity contribution in [2.75, 3.05) is 13.1 Å². The highest BCUT2D eigenvalue weighted by molar-refractivity contribution is 6.01. The standard InChI is InChI=1S/C24H23FN4O2.C2HF3O2/c1-14-12-28-13-18(10-20(15(2)30)23(28)27-14)17-9-16-5-8-29(19-3-6-26-7-4-19)24(31)22(16)21(25)11-17;3-2(4,5)1(6)7/h5,8-13,19,26H,3-4,6-7H2,1-2H3;(H,6,7). The van der Waals surface area contributed by atoms with Crippen molar-refractivity contribution in [3.63, 3.8) is 0 Å². The minimum Gasteiger partial charge on any atom is -0.475 e. The molecule has 12 heteroatoms. The van der Waals surface area contributed by atoms with Gasteiger partial charge in [0.2, 0.25) is 0 Å². The van der Waals surface area contributed by atoms with Gasteiger partial charge in [-0.05, 0) is 80.6 Å². The van der Waals surface area contributed by atoms with E-state index in [1.165, 1.54) is 13.0 Å². The van der Waals surface area contributed by atoms with Gasteiger partial charge in [-0.3, -0.25) is 9.59 Å². The summed E-state index contributed by atoms with van der Waals surface area (Å²) in [5, 5.41) is 11.1. The first-order valence-corrected chi connectivity index (χ1v) is 11.7. The predicted molar refractivity (Wildman–Crippen MR) is 132 cm³/mol. The molecule has 0 atom stereocenters. The number of hydrogen-bond acceptors (Lipinski definition) is 5. The SMILES string of the molecule is CC(=O)c1cc(-c2cc(F)c3c(=O)n(C4CCNCC4)ccc3c2)cn2cc(C)nc12.O=C(O)C(F)(F)F. The second-order valence-corrected chi connectivity index (χ2v) is 9.05. The summed E-state index contributed by atoms with van der Waals surface area (Å²) in [4.78, 5) is 38.6. The van der Waals surface area contributed by atoms with Crippen molar-refractivity contribution in [3.05, 3.63) is 70.3 Å². The molecule has 0 amide bonds. The number of carbonyl (C=O) groups is 2. The van der Waals surface area contributed by atoms with E-state index in [9.17, 15) is 22.8 Å². The van der Waals surface area contributed by atoms with E-state index in [-0.39, 0.29) is 22.8 Å². The van der Waals surface area contributed by atoms with Gasteiger partial charge in [-0.1, -0.05) is 0 Å². The maximum atomic E-state index is 15.2. The number of halogens is 4. The van der Waals surface area contributed by atoms with Crippen LogP contribution in [-0.2, 0) is 4.79 Å². The normalized spacial score (nSPS) is 14.4. The average Bonchev–Trinajstić information content (AvgIpc) is 3.23. The van der Waals surface area contributed by atoms with Gasteiger partial charge in [0, 0.05) is 24.6 Å². The van der Waals surface area contributed by atoms with Crippen molar-refractivity contribution in [3.8, 4) is 11.1 Å². The number of pyridine rings is 2. The summed E-state index contributed by atoms with van der Waals surface area (Å²) in [6.45, 7) is 5.06. The summed E-state index contributed by atoms with van der Waals surface area (Å²) < 4.78 is 50.4. The molecule has 4 heterocycles. The molecule has 3 aromatic heterocycles. The number of carboxylic acids is 1. The van der Waals surface area contributed by atoms with Crippen molar-refractivity contribution in [2.24, 2.45) is 0 Å². The van der Waals surface area contributed by atoms with E-state index in [1.54, 1.807) is 33.4 Å². The van der Waals surface area contributed by atoms with Crippen LogP contribution < -0.4 is 10.9 Å². The fraction of sp³-hybridized carbons (Fsp3) is 0.308. The molecule has 38 heavy (non-hydrogen) atoms. The van der Waals surface area contributed by atoms with Crippen molar-refractivity contribution in [2.45, 2.75) is 38.9 Å². The molecule has 1 aliphatic rings. The first-order chi connectivity index (χ1) is 17.9. The van der Waals surface area contributed by atoms with Gasteiger partial charge in [-0.2, -0.15) is 13.2 Å². The molecule has 8 nitrogen and oxygen atoms in total. The number of imidazole rings is 1. The molecule has 2 N–H and O–H groups in total. The quantitative estimate of drug-likeness (QED) is 0.297. The Morgan fingerprint density at radius 2 is 1.76 bits per heavy atom. The summed E-state index contributed by atoms with van der Waals surface area (Å²) in [5.41, 5.74) is 2.87. The molecule has 200 valence electrons. The van der Waals surface area contributed by atoms with Gasteiger partial charge in [-0.25, -0.2) is 14.2 Å². The lowest BCUT2D eigenvalue weighted by atomic mass is 10.00. The molecule has 1 fully saturated rings. The average molecular weight is 532 g/mol. The summed E-state index contributed by atoms with van der Waals surface area (Å²) >= 11 is 0. The summed E-state index contributed by atoms with van der Waals surface area (Å²) in [7, 11) is 0. The van der Waals surface area contributed by atoms with Crippen LogP contribution in [0.4, 0.5) is 17.6 Å². The molecule has 1 saturated heterocycles. The number of ketones is 1. The highest BCUT2D eigenvalue weighted by Gasteiger charge is 2.38. The summed E-state index contributed by atoms with van der Waals surface area (Å²) in [6, 6.07) is 6.81. The Labute approximate surface area is 213 Å². The van der Waals surface area contributed by atoms with Crippen LogP contribution in [0.1, 0.15) is 41.9 Å². The van der Waals surface area contributed by atoms with Gasteiger partial charge in [0.1, 0.15) is 11.5 Å². The lowest BCUT2D eigenvalue weighted by molar-refractivity contribution is -0.192. The number of nitrogens with zero attached hydrogens (tertiary/aromatic N) is 3. The van der Waals surface area contributed by atoms with Crippen LogP contribution in [0.25, 0.3) is 27.5 Å². The van der Waals surface area contributed by atoms with Crippen molar-refractivity contribution in [1.29, 1.82) is 0 Å². The highest BCUT2D eigenvalue weighted by Crippen LogP contribution is 2.29. The van der Waals surface area contributed by atoms with Crippen LogP contribution in [0.2, 0.25) is 0 Å². The topological polar surface area (TPSA) is 106 Å². The molecule has 0 spiro atoms. The number of aliphatic carboxylic acids is 1. The number of aryl methyl sites for hydroxylation is 1. The van der Waals surface area contributed by atoms with Crippen molar-refractivity contribution in [1.82, 2.24) is 19.3 Å². The van der Waals surface area contributed by atoms with Crippen LogP contribution in [0.5, 0.6) is 0 Å². The second-order valence-electron chi connectivity index (χ2n) is 9.05. The van der Waals surface area contributed by atoms with E-state index in [0.29, 0.717) is 27.7 Å². The van der Waals surface area contributed by atoms with Crippen LogP contribution in [0, 0.1) is 12.7 Å². The molecule has 0 aliphatic carbocycles. The van der Waals surface area contributed by atoms with Crippen LogP contribution in [0.15, 0.2) is 47.7 Å². The minimum atomic E-state index is -5.08. The Hall–Kier alpha value is -4.06. The maximum absolute atomic E-state index is 15.2. The maximum Gasteiger partial charge on any atom is 0.490 e. The van der Waals surface area contributed by atoms with Crippen LogP contribution in [-0.4, -0.2) is 50.1 Å². The number of Topliss-reactive ketones (excluding diaryl/α,β-unsaturated/α-hetero) is 1. The molecule has 4 aromatic rings. The first-order valence-electron chi connectivity index (χ1n) is 11.7. The fourth-order valence-corrected chi connectivity index (χ4v) is 4.52. The molecule has 1 aromatic carbocycles. The summed E-state index contributed by atoms with van der Waals surface area (Å²) in [5.74, 6) is -3.41. The monoisotopic (exact) mass is 532 g/mol. The Morgan fingerprint density at radius 1 is 1.11 bits per heavy atom. The molecular weight excluding hydrogens is 508 g/mol. The Bertz CT molecular complexity index is 1600. The van der Waals surface area contributed by atoms with Crippen molar-refractivity contribution < 1.29 is 32.3 Å². The van der Waals surface area contributed by atoms with E-state index < -0.39 is 18.0 Å². The van der Waals surface area contributed by atoms with E-state index in [0.717, 1.165) is 31.6 Å². The van der Waals surface area contributed by atoms with E-state index in [4.69, 9.17) is 9.90 Å². The Balaban J connectivity index is 0.000000426. The number of hydrogen-bond donors (Lipinski definition) is 2. The molecular formula is C26H24F4N4O4. The predicted octanol–water partition coefficient (Wildman–Crippen LogP) is 4.52. The van der Waals surface area contributed by atoms with Gasteiger partial charge < -0.3 is 19.4 Å². The summed E-state index contributed by atoms with van der Waals surface area (Å²) in [6.07, 6.45) is 2.05. The lowest BCUT2D eigenvalue weighted by Crippen LogP contribution is -2.34. The van der Waals surface area contributed by atoms with Crippen LogP contribution >= 0.6 is 0 Å². The number of aromatic nitrogens is 3. The number of rotatable bonds is 3. The zero-order valence-corrected chi connectivity index (χ0v) is 20.5. The Kier molecular flexibility index (Phi) is 7.36. The van der Waals surface area contributed by atoms with Gasteiger partial charge in [0.25, 0.3) is 5.56 Å². The molecule has 0 radical (unpaired) electrons. The minimum absolute atomic E-state index is 0.0854. The zero-order chi connectivity index (χ0) is 27.8. The number of piperidine rings is 1.